The van der Waals surface area contributed by atoms with Crippen molar-refractivity contribution >= 4 is 21.3 Å². The Labute approximate surface area is 187 Å². The molecule has 8 nitrogen and oxygen atoms in total. The van der Waals surface area contributed by atoms with E-state index in [1.807, 2.05) is 0 Å². The molecule has 1 amide bonds. The fraction of sp³-hybridized carbons (Fsp3) is 0.300. The Kier molecular flexibility index (Phi) is 6.54. The van der Waals surface area contributed by atoms with Gasteiger partial charge in [0.2, 0.25) is 0 Å². The summed E-state index contributed by atoms with van der Waals surface area (Å²) in [5.41, 5.74) is -1.30. The first kappa shape index (κ1) is 24.3. The van der Waals surface area contributed by atoms with Crippen molar-refractivity contribution < 1.29 is 26.6 Å². The number of aromatic nitrogens is 4. The molecule has 0 aliphatic rings. The number of carbonyl (C=O) groups is 1. The lowest BCUT2D eigenvalue weighted by Gasteiger charge is -2.25. The molecule has 0 bridgehead atoms. The molecule has 3 aromatic rings. The van der Waals surface area contributed by atoms with Crippen molar-refractivity contribution in [1.82, 2.24) is 24.6 Å². The maximum atomic E-state index is 13.7. The van der Waals surface area contributed by atoms with E-state index >= 15 is 0 Å². The van der Waals surface area contributed by atoms with E-state index in [4.69, 9.17) is 0 Å². The number of rotatable bonds is 5. The standard InChI is InChI=1S/C20H20F4N6O2S/c1-12(29(2)19(31)13-7-14(20(22,23)24)9-15(21)8-13)18-26-11-27-30(18)17-6-5-16(10-25-17)28-33(3,4)32/h5-12H,1-4H3/t12-/m0/s1. The average molecular weight is 484 g/mol. The molecule has 2 heterocycles. The van der Waals surface area contributed by atoms with Crippen LogP contribution in [0.1, 0.15) is 34.7 Å². The lowest BCUT2D eigenvalue weighted by atomic mass is 10.1. The molecule has 0 saturated heterocycles. The first-order chi connectivity index (χ1) is 15.3. The van der Waals surface area contributed by atoms with Gasteiger partial charge in [-0.2, -0.15) is 27.3 Å². The summed E-state index contributed by atoms with van der Waals surface area (Å²) in [4.78, 5) is 22.3. The van der Waals surface area contributed by atoms with E-state index in [1.54, 1.807) is 19.1 Å². The fourth-order valence-electron chi connectivity index (χ4n) is 2.95. The molecule has 2 aromatic heterocycles. The summed E-state index contributed by atoms with van der Waals surface area (Å²) in [7, 11) is -1.01. The van der Waals surface area contributed by atoms with Gasteiger partial charge in [-0.3, -0.25) is 4.79 Å². The van der Waals surface area contributed by atoms with Crippen LogP contribution in [-0.4, -0.2) is 54.3 Å². The Hall–Kier alpha value is -3.35. The van der Waals surface area contributed by atoms with Crippen molar-refractivity contribution in [3.05, 3.63) is 65.6 Å². The van der Waals surface area contributed by atoms with Gasteiger partial charge >= 0.3 is 6.18 Å². The Morgan fingerprint density at radius 1 is 1.18 bits per heavy atom. The number of pyridine rings is 1. The smallest absolute Gasteiger partial charge is 0.332 e. The molecule has 1 aromatic carbocycles. The molecule has 0 fully saturated rings. The Morgan fingerprint density at radius 2 is 1.88 bits per heavy atom. The van der Waals surface area contributed by atoms with Gasteiger partial charge in [0.1, 0.15) is 12.1 Å². The molecule has 0 radical (unpaired) electrons. The van der Waals surface area contributed by atoms with Crippen LogP contribution in [0.2, 0.25) is 0 Å². The maximum Gasteiger partial charge on any atom is 0.416 e. The molecule has 176 valence electrons. The Bertz CT molecular complexity index is 1290. The summed E-state index contributed by atoms with van der Waals surface area (Å²) >= 11 is 0. The van der Waals surface area contributed by atoms with Crippen LogP contribution in [0.15, 0.2) is 47.2 Å². The van der Waals surface area contributed by atoms with Crippen molar-refractivity contribution in [2.24, 2.45) is 4.36 Å². The van der Waals surface area contributed by atoms with Gasteiger partial charge in [0.15, 0.2) is 11.6 Å². The van der Waals surface area contributed by atoms with E-state index in [0.717, 1.165) is 11.0 Å². The topological polar surface area (TPSA) is 93.3 Å². The quantitative estimate of drug-likeness (QED) is 0.510. The van der Waals surface area contributed by atoms with Crippen LogP contribution in [0.5, 0.6) is 0 Å². The van der Waals surface area contributed by atoms with Crippen molar-refractivity contribution in [1.29, 1.82) is 0 Å². The van der Waals surface area contributed by atoms with Gasteiger partial charge in [0.05, 0.1) is 23.5 Å². The molecule has 3 rings (SSSR count). The monoisotopic (exact) mass is 484 g/mol. The van der Waals surface area contributed by atoms with Gasteiger partial charge in [0, 0.05) is 34.9 Å². The summed E-state index contributed by atoms with van der Waals surface area (Å²) in [6.45, 7) is 1.59. The highest BCUT2D eigenvalue weighted by Crippen LogP contribution is 2.31. The molecular formula is C20H20F4N6O2S. The summed E-state index contributed by atoms with van der Waals surface area (Å²) in [6.07, 6.45) is 0.814. The molecule has 0 aliphatic heterocycles. The SMILES string of the molecule is C[C@@H](c1ncnn1-c1ccc(N=S(C)(C)=O)cn1)N(C)C(=O)c1cc(F)cc(C(F)(F)F)c1. The Balaban J connectivity index is 1.90. The number of benzene rings is 1. The minimum Gasteiger partial charge on any atom is -0.332 e. The molecule has 0 N–H and O–H groups in total. The highest BCUT2D eigenvalue weighted by Gasteiger charge is 2.33. The van der Waals surface area contributed by atoms with Gasteiger partial charge in [-0.05, 0) is 37.3 Å². The highest BCUT2D eigenvalue weighted by molar-refractivity contribution is 7.92. The maximum absolute atomic E-state index is 13.7. The second kappa shape index (κ2) is 8.89. The predicted molar refractivity (Wildman–Crippen MR) is 113 cm³/mol. The van der Waals surface area contributed by atoms with E-state index in [-0.39, 0.29) is 5.82 Å². The largest absolute Gasteiger partial charge is 0.416 e. The number of halogens is 4. The van der Waals surface area contributed by atoms with E-state index in [2.05, 4.69) is 19.4 Å². The minimum absolute atomic E-state index is 0.269. The van der Waals surface area contributed by atoms with Crippen LogP contribution in [-0.2, 0) is 15.9 Å². The van der Waals surface area contributed by atoms with Crippen LogP contribution < -0.4 is 0 Å². The Morgan fingerprint density at radius 3 is 2.45 bits per heavy atom. The zero-order valence-electron chi connectivity index (χ0n) is 18.0. The fourth-order valence-corrected chi connectivity index (χ4v) is 3.57. The minimum atomic E-state index is -4.80. The second-order valence-corrected chi connectivity index (χ2v) is 10.0. The van der Waals surface area contributed by atoms with Crippen molar-refractivity contribution in [3.8, 4) is 5.82 Å². The summed E-state index contributed by atoms with van der Waals surface area (Å²) < 4.78 is 70.0. The van der Waals surface area contributed by atoms with Gasteiger partial charge in [-0.1, -0.05) is 0 Å². The van der Waals surface area contributed by atoms with Gasteiger partial charge in [-0.25, -0.2) is 18.6 Å². The molecular weight excluding hydrogens is 464 g/mol. The first-order valence-corrected chi connectivity index (χ1v) is 11.8. The number of carbonyl (C=O) groups excluding carboxylic acids is 1. The van der Waals surface area contributed by atoms with Crippen molar-refractivity contribution in [2.75, 3.05) is 19.6 Å². The molecule has 0 spiro atoms. The number of hydrogen-bond acceptors (Lipinski definition) is 6. The lowest BCUT2D eigenvalue weighted by molar-refractivity contribution is -0.137. The molecule has 0 unspecified atom stereocenters. The van der Waals surface area contributed by atoms with Gasteiger partial charge in [0.25, 0.3) is 5.91 Å². The predicted octanol–water partition coefficient (Wildman–Crippen LogP) is 4.01. The third-order valence-electron chi connectivity index (χ3n) is 4.60. The van der Waals surface area contributed by atoms with Crippen LogP contribution in [0.4, 0.5) is 23.2 Å². The lowest BCUT2D eigenvalue weighted by Crippen LogP contribution is -2.31. The van der Waals surface area contributed by atoms with Gasteiger partial charge < -0.3 is 4.90 Å². The number of hydrogen-bond donors (Lipinski definition) is 0. The molecule has 0 saturated carbocycles. The molecule has 13 heteroatoms. The summed E-state index contributed by atoms with van der Waals surface area (Å²) in [5.74, 6) is -1.40. The molecule has 0 aliphatic carbocycles. The van der Waals surface area contributed by atoms with Crippen LogP contribution in [0, 0.1) is 5.82 Å². The van der Waals surface area contributed by atoms with E-state index in [9.17, 15) is 26.6 Å². The average Bonchev–Trinajstić information content (AvgIpc) is 3.20. The van der Waals surface area contributed by atoms with Crippen LogP contribution in [0.25, 0.3) is 5.82 Å². The zero-order chi connectivity index (χ0) is 24.6. The third-order valence-corrected chi connectivity index (χ3v) is 5.25. The van der Waals surface area contributed by atoms with Gasteiger partial charge in [-0.15, -0.1) is 0 Å². The van der Waals surface area contributed by atoms with E-state index in [0.29, 0.717) is 23.6 Å². The van der Waals surface area contributed by atoms with Crippen molar-refractivity contribution in [2.45, 2.75) is 19.1 Å². The van der Waals surface area contributed by atoms with Crippen LogP contribution in [0.3, 0.4) is 0 Å². The molecule has 1 atom stereocenters. The molecule has 33 heavy (non-hydrogen) atoms. The first-order valence-electron chi connectivity index (χ1n) is 9.44. The highest BCUT2D eigenvalue weighted by atomic mass is 32.2. The number of alkyl halides is 3. The summed E-state index contributed by atoms with van der Waals surface area (Å²) in [6, 6.07) is 4.07. The normalized spacial score (nSPS) is 13.0. The number of amides is 1. The van der Waals surface area contributed by atoms with E-state index < -0.39 is 44.8 Å². The van der Waals surface area contributed by atoms with E-state index in [1.165, 1.54) is 36.8 Å². The van der Waals surface area contributed by atoms with Crippen LogP contribution >= 0.6 is 0 Å². The second-order valence-electron chi connectivity index (χ2n) is 7.50. The zero-order valence-corrected chi connectivity index (χ0v) is 18.9. The summed E-state index contributed by atoms with van der Waals surface area (Å²) in [5, 5.41) is 4.10. The van der Waals surface area contributed by atoms with Crippen molar-refractivity contribution in [3.63, 3.8) is 0 Å². The third kappa shape index (κ3) is 5.72. The number of nitrogens with zero attached hydrogens (tertiary/aromatic N) is 6.